The number of aryl methyl sites for hydroxylation is 1. The minimum absolute atomic E-state index is 0.112. The molecule has 2 aromatic carbocycles. The van der Waals surface area contributed by atoms with Crippen molar-refractivity contribution in [1.82, 2.24) is 5.43 Å². The van der Waals surface area contributed by atoms with E-state index in [4.69, 9.17) is 10.6 Å². The Morgan fingerprint density at radius 2 is 1.95 bits per heavy atom. The first-order chi connectivity index (χ1) is 10.3. The van der Waals surface area contributed by atoms with Crippen molar-refractivity contribution >= 4 is 0 Å². The van der Waals surface area contributed by atoms with E-state index in [1.807, 2.05) is 12.1 Å². The molecule has 0 radical (unpaired) electrons. The van der Waals surface area contributed by atoms with Crippen LogP contribution in [0.5, 0.6) is 5.75 Å². The van der Waals surface area contributed by atoms with Crippen molar-refractivity contribution in [2.75, 3.05) is 6.61 Å². The lowest BCUT2D eigenvalue weighted by Gasteiger charge is -2.32. The first kappa shape index (κ1) is 14.1. The van der Waals surface area contributed by atoms with Crippen LogP contribution in [0.4, 0.5) is 0 Å². The van der Waals surface area contributed by atoms with Gasteiger partial charge in [-0.1, -0.05) is 49.4 Å². The molecule has 2 aromatic rings. The van der Waals surface area contributed by atoms with Gasteiger partial charge in [-0.3, -0.25) is 11.3 Å². The van der Waals surface area contributed by atoms with Crippen molar-refractivity contribution in [2.24, 2.45) is 5.84 Å². The molecule has 3 rings (SSSR count). The zero-order valence-electron chi connectivity index (χ0n) is 12.4. The van der Waals surface area contributed by atoms with Gasteiger partial charge in [-0.05, 0) is 35.6 Å². The van der Waals surface area contributed by atoms with Crippen molar-refractivity contribution in [3.05, 3.63) is 65.2 Å². The number of hydrogen-bond acceptors (Lipinski definition) is 3. The number of hydrogen-bond donors (Lipinski definition) is 2. The molecule has 2 atom stereocenters. The van der Waals surface area contributed by atoms with E-state index < -0.39 is 0 Å². The average molecular weight is 282 g/mol. The third kappa shape index (κ3) is 2.80. The summed E-state index contributed by atoms with van der Waals surface area (Å²) in [7, 11) is 0. The van der Waals surface area contributed by atoms with Crippen LogP contribution in [0.25, 0.3) is 0 Å². The number of para-hydroxylation sites is 1. The summed E-state index contributed by atoms with van der Waals surface area (Å²) in [6.07, 6.45) is 2.03. The molecular formula is C18H22N2O. The molecule has 0 spiro atoms. The summed E-state index contributed by atoms with van der Waals surface area (Å²) < 4.78 is 5.75. The average Bonchev–Trinajstić information content (AvgIpc) is 2.56. The van der Waals surface area contributed by atoms with Crippen LogP contribution in [-0.2, 0) is 6.42 Å². The summed E-state index contributed by atoms with van der Waals surface area (Å²) in [4.78, 5) is 0. The zero-order valence-corrected chi connectivity index (χ0v) is 12.4. The number of fused-ring (bicyclic) bond motifs is 1. The SMILES string of the molecule is CCc1ccc(C(NN)C2CCOc3ccccc32)cc1. The molecule has 0 saturated carbocycles. The highest BCUT2D eigenvalue weighted by Gasteiger charge is 2.29. The van der Waals surface area contributed by atoms with E-state index in [-0.39, 0.29) is 6.04 Å². The van der Waals surface area contributed by atoms with Crippen LogP contribution in [0.3, 0.4) is 0 Å². The zero-order chi connectivity index (χ0) is 14.7. The van der Waals surface area contributed by atoms with Gasteiger partial charge in [-0.15, -0.1) is 0 Å². The second kappa shape index (κ2) is 6.29. The van der Waals surface area contributed by atoms with Gasteiger partial charge in [0.05, 0.1) is 12.6 Å². The predicted molar refractivity (Wildman–Crippen MR) is 85.2 cm³/mol. The molecule has 0 fully saturated rings. The molecule has 1 heterocycles. The van der Waals surface area contributed by atoms with E-state index in [0.29, 0.717) is 5.92 Å². The molecule has 1 aliphatic rings. The highest BCUT2D eigenvalue weighted by Crippen LogP contribution is 2.40. The fourth-order valence-electron chi connectivity index (χ4n) is 3.12. The Balaban J connectivity index is 1.93. The molecule has 1 aliphatic heterocycles. The molecule has 0 saturated heterocycles. The van der Waals surface area contributed by atoms with Gasteiger partial charge in [-0.2, -0.15) is 0 Å². The lowest BCUT2D eigenvalue weighted by atomic mass is 9.83. The molecule has 0 aromatic heterocycles. The molecule has 3 N–H and O–H groups in total. The summed E-state index contributed by atoms with van der Waals surface area (Å²) in [6, 6.07) is 17.1. The number of rotatable bonds is 4. The van der Waals surface area contributed by atoms with E-state index in [0.717, 1.165) is 25.2 Å². The third-order valence-corrected chi connectivity index (χ3v) is 4.33. The van der Waals surface area contributed by atoms with E-state index >= 15 is 0 Å². The van der Waals surface area contributed by atoms with Crippen molar-refractivity contribution in [1.29, 1.82) is 0 Å². The minimum atomic E-state index is 0.112. The third-order valence-electron chi connectivity index (χ3n) is 4.33. The Morgan fingerprint density at radius 1 is 1.19 bits per heavy atom. The molecular weight excluding hydrogens is 260 g/mol. The lowest BCUT2D eigenvalue weighted by molar-refractivity contribution is 0.246. The molecule has 21 heavy (non-hydrogen) atoms. The number of benzene rings is 2. The number of nitrogens with two attached hydrogens (primary N) is 1. The second-order valence-electron chi connectivity index (χ2n) is 5.52. The van der Waals surface area contributed by atoms with E-state index in [1.165, 1.54) is 16.7 Å². The molecule has 0 amide bonds. The van der Waals surface area contributed by atoms with Crippen molar-refractivity contribution in [3.8, 4) is 5.75 Å². The molecule has 0 aliphatic carbocycles. The highest BCUT2D eigenvalue weighted by molar-refractivity contribution is 5.40. The van der Waals surface area contributed by atoms with Crippen molar-refractivity contribution < 1.29 is 4.74 Å². The smallest absolute Gasteiger partial charge is 0.122 e. The Morgan fingerprint density at radius 3 is 2.67 bits per heavy atom. The van der Waals surface area contributed by atoms with Crippen LogP contribution < -0.4 is 16.0 Å². The van der Waals surface area contributed by atoms with Gasteiger partial charge < -0.3 is 4.74 Å². The number of nitrogens with one attached hydrogen (secondary N) is 1. The van der Waals surface area contributed by atoms with Gasteiger partial charge >= 0.3 is 0 Å². The second-order valence-corrected chi connectivity index (χ2v) is 5.52. The molecule has 2 unspecified atom stereocenters. The fraction of sp³-hybridized carbons (Fsp3) is 0.333. The van der Waals surface area contributed by atoms with Crippen molar-refractivity contribution in [2.45, 2.75) is 31.7 Å². The molecule has 0 bridgehead atoms. The van der Waals surface area contributed by atoms with Gasteiger partial charge in [0.15, 0.2) is 0 Å². The Hall–Kier alpha value is -1.84. The van der Waals surface area contributed by atoms with E-state index in [1.54, 1.807) is 0 Å². The first-order valence-corrected chi connectivity index (χ1v) is 7.60. The summed E-state index contributed by atoms with van der Waals surface area (Å²) in [6.45, 7) is 2.91. The van der Waals surface area contributed by atoms with Crippen LogP contribution in [-0.4, -0.2) is 6.61 Å². The highest BCUT2D eigenvalue weighted by atomic mass is 16.5. The Bertz CT molecular complexity index is 594. The minimum Gasteiger partial charge on any atom is -0.493 e. The molecule has 3 nitrogen and oxygen atoms in total. The number of ether oxygens (including phenoxy) is 1. The predicted octanol–water partition coefficient (Wildman–Crippen LogP) is 3.32. The summed E-state index contributed by atoms with van der Waals surface area (Å²) in [5.74, 6) is 7.20. The van der Waals surface area contributed by atoms with Gasteiger partial charge in [0.2, 0.25) is 0 Å². The van der Waals surface area contributed by atoms with E-state index in [9.17, 15) is 0 Å². The Labute approximate surface area is 126 Å². The largest absolute Gasteiger partial charge is 0.493 e. The van der Waals surface area contributed by atoms with Crippen LogP contribution in [0.2, 0.25) is 0 Å². The van der Waals surface area contributed by atoms with Crippen LogP contribution in [0.15, 0.2) is 48.5 Å². The maximum atomic E-state index is 5.87. The quantitative estimate of drug-likeness (QED) is 0.668. The fourth-order valence-corrected chi connectivity index (χ4v) is 3.12. The van der Waals surface area contributed by atoms with Gasteiger partial charge in [0.1, 0.15) is 5.75 Å². The summed E-state index contributed by atoms with van der Waals surface area (Å²) in [5.41, 5.74) is 6.83. The monoisotopic (exact) mass is 282 g/mol. The normalized spacial score (nSPS) is 18.7. The Kier molecular flexibility index (Phi) is 4.23. The van der Waals surface area contributed by atoms with Gasteiger partial charge in [0.25, 0.3) is 0 Å². The van der Waals surface area contributed by atoms with Crippen LogP contribution in [0.1, 0.15) is 42.0 Å². The topological polar surface area (TPSA) is 47.3 Å². The molecule has 3 heteroatoms. The van der Waals surface area contributed by atoms with Crippen LogP contribution in [0, 0.1) is 0 Å². The van der Waals surface area contributed by atoms with E-state index in [2.05, 4.69) is 48.7 Å². The first-order valence-electron chi connectivity index (χ1n) is 7.60. The van der Waals surface area contributed by atoms with Crippen LogP contribution >= 0.6 is 0 Å². The van der Waals surface area contributed by atoms with Gasteiger partial charge in [0, 0.05) is 5.92 Å². The maximum absolute atomic E-state index is 5.87. The number of hydrazine groups is 1. The lowest BCUT2D eigenvalue weighted by Crippen LogP contribution is -2.34. The maximum Gasteiger partial charge on any atom is 0.122 e. The molecule has 110 valence electrons. The van der Waals surface area contributed by atoms with Gasteiger partial charge in [-0.25, -0.2) is 0 Å². The van der Waals surface area contributed by atoms with Crippen molar-refractivity contribution in [3.63, 3.8) is 0 Å². The summed E-state index contributed by atoms with van der Waals surface area (Å²) >= 11 is 0. The summed E-state index contributed by atoms with van der Waals surface area (Å²) in [5, 5.41) is 0. The standard InChI is InChI=1S/C18H22N2O/c1-2-13-7-9-14(10-8-13)18(20-19)16-11-12-21-17-6-4-3-5-15(16)17/h3-10,16,18,20H,2,11-12,19H2,1H3.